The molecule has 2 aromatic rings. The van der Waals surface area contributed by atoms with E-state index in [-0.39, 0.29) is 18.3 Å². The number of carbonyl (C=O) groups excluding carboxylic acids is 1. The van der Waals surface area contributed by atoms with Crippen LogP contribution in [0.15, 0.2) is 30.5 Å². The summed E-state index contributed by atoms with van der Waals surface area (Å²) in [6.07, 6.45) is 1.61. The number of hydrogen-bond acceptors (Lipinski definition) is 3. The van der Waals surface area contributed by atoms with Crippen LogP contribution in [0.5, 0.6) is 0 Å². The number of amides is 1. The molecule has 0 atom stereocenters. The largest absolute Gasteiger partial charge is 0.340 e. The normalized spacial score (nSPS) is 10.2. The molecule has 0 spiro atoms. The van der Waals surface area contributed by atoms with Crippen molar-refractivity contribution in [3.8, 4) is 5.69 Å². The molecule has 22 heavy (non-hydrogen) atoms. The molecule has 0 fully saturated rings. The summed E-state index contributed by atoms with van der Waals surface area (Å²) in [5.74, 6) is -0.0315. The number of nitrogens with one attached hydrogen (secondary N) is 1. The van der Waals surface area contributed by atoms with Gasteiger partial charge in [-0.1, -0.05) is 17.7 Å². The lowest BCUT2D eigenvalue weighted by molar-refractivity contribution is 0.0796. The molecule has 1 aromatic carbocycles. The minimum atomic E-state index is -0.0315. The molecule has 1 N–H and O–H groups in total. The van der Waals surface area contributed by atoms with Crippen molar-refractivity contribution in [1.82, 2.24) is 20.0 Å². The first kappa shape index (κ1) is 18.5. The van der Waals surface area contributed by atoms with Crippen molar-refractivity contribution in [3.05, 3.63) is 46.7 Å². The third-order valence-electron chi connectivity index (χ3n) is 3.34. The highest BCUT2D eigenvalue weighted by atomic mass is 35.5. The monoisotopic (exact) mass is 342 g/mol. The summed E-state index contributed by atoms with van der Waals surface area (Å²) in [7, 11) is 3.65. The number of likely N-dealkylation sites (N-methyl/N-ethyl adjacent to an activating group) is 2. The van der Waals surface area contributed by atoms with E-state index in [9.17, 15) is 4.79 Å². The van der Waals surface area contributed by atoms with Crippen LogP contribution in [0.4, 0.5) is 0 Å². The highest BCUT2D eigenvalue weighted by molar-refractivity contribution is 6.30. The molecule has 120 valence electrons. The fourth-order valence-electron chi connectivity index (χ4n) is 2.07. The molecular weight excluding hydrogens is 323 g/mol. The maximum atomic E-state index is 12.4. The first-order chi connectivity index (χ1) is 10.0. The predicted octanol–water partition coefficient (Wildman–Crippen LogP) is 2.55. The van der Waals surface area contributed by atoms with E-state index in [1.807, 2.05) is 38.2 Å². The summed E-state index contributed by atoms with van der Waals surface area (Å²) < 4.78 is 1.73. The van der Waals surface area contributed by atoms with E-state index in [0.717, 1.165) is 17.9 Å². The van der Waals surface area contributed by atoms with Crippen LogP contribution in [0.25, 0.3) is 5.69 Å². The van der Waals surface area contributed by atoms with Gasteiger partial charge < -0.3 is 10.2 Å². The predicted molar refractivity (Wildman–Crippen MR) is 91.4 cm³/mol. The van der Waals surface area contributed by atoms with Gasteiger partial charge in [-0.25, -0.2) is 4.68 Å². The van der Waals surface area contributed by atoms with E-state index in [1.165, 1.54) is 0 Å². The quantitative estimate of drug-likeness (QED) is 0.908. The molecular formula is C15H20Cl2N4O. The Hall–Kier alpha value is -1.56. The second-order valence-electron chi connectivity index (χ2n) is 4.87. The Bertz CT molecular complexity index is 642. The molecule has 1 heterocycles. The van der Waals surface area contributed by atoms with Gasteiger partial charge in [-0.3, -0.25) is 4.79 Å². The summed E-state index contributed by atoms with van der Waals surface area (Å²) in [6.45, 7) is 3.29. The number of benzene rings is 1. The summed E-state index contributed by atoms with van der Waals surface area (Å²) in [5, 5.41) is 7.97. The van der Waals surface area contributed by atoms with Gasteiger partial charge in [-0.15, -0.1) is 12.4 Å². The molecule has 0 bridgehead atoms. The van der Waals surface area contributed by atoms with Gasteiger partial charge in [0.15, 0.2) is 0 Å². The van der Waals surface area contributed by atoms with Crippen molar-refractivity contribution in [3.63, 3.8) is 0 Å². The van der Waals surface area contributed by atoms with Crippen molar-refractivity contribution in [2.24, 2.45) is 0 Å². The Kier molecular flexibility index (Phi) is 6.87. The van der Waals surface area contributed by atoms with E-state index in [4.69, 9.17) is 11.6 Å². The molecule has 0 aliphatic heterocycles. The van der Waals surface area contributed by atoms with Gasteiger partial charge in [-0.05, 0) is 32.2 Å². The second kappa shape index (κ2) is 8.17. The van der Waals surface area contributed by atoms with E-state index >= 15 is 0 Å². The molecule has 7 heteroatoms. The van der Waals surface area contributed by atoms with Crippen molar-refractivity contribution < 1.29 is 4.79 Å². The first-order valence-electron chi connectivity index (χ1n) is 6.75. The number of hydrogen-bond donors (Lipinski definition) is 1. The summed E-state index contributed by atoms with van der Waals surface area (Å²) in [5.41, 5.74) is 2.25. The zero-order valence-electron chi connectivity index (χ0n) is 12.8. The second-order valence-corrected chi connectivity index (χ2v) is 5.30. The summed E-state index contributed by atoms with van der Waals surface area (Å²) in [4.78, 5) is 14.1. The van der Waals surface area contributed by atoms with Crippen molar-refractivity contribution in [1.29, 1.82) is 0 Å². The van der Waals surface area contributed by atoms with Gasteiger partial charge in [0, 0.05) is 25.2 Å². The summed E-state index contributed by atoms with van der Waals surface area (Å²) in [6, 6.07) is 7.40. The zero-order valence-corrected chi connectivity index (χ0v) is 14.4. The standard InChI is InChI=1S/C15H19ClN4O.ClH/c1-11-14(15(21)19(3)8-7-17-2)10-18-20(11)13-6-4-5-12(16)9-13;/h4-6,9-10,17H,7-8H2,1-3H3;1H. The number of rotatable bonds is 5. The van der Waals surface area contributed by atoms with Gasteiger partial charge in [-0.2, -0.15) is 5.10 Å². The van der Waals surface area contributed by atoms with Crippen LogP contribution in [-0.2, 0) is 0 Å². The van der Waals surface area contributed by atoms with Gasteiger partial charge in [0.25, 0.3) is 5.91 Å². The van der Waals surface area contributed by atoms with E-state index in [1.54, 1.807) is 22.8 Å². The molecule has 0 aliphatic carbocycles. The number of carbonyl (C=O) groups is 1. The molecule has 0 unspecified atom stereocenters. The maximum absolute atomic E-state index is 12.4. The topological polar surface area (TPSA) is 50.2 Å². The SMILES string of the molecule is CNCCN(C)C(=O)c1cnn(-c2cccc(Cl)c2)c1C.Cl. The van der Waals surface area contributed by atoms with E-state index < -0.39 is 0 Å². The average Bonchev–Trinajstić information content (AvgIpc) is 2.85. The molecule has 2 rings (SSSR count). The molecule has 1 aromatic heterocycles. The highest BCUT2D eigenvalue weighted by Gasteiger charge is 2.18. The Morgan fingerprint density at radius 1 is 1.45 bits per heavy atom. The molecule has 0 saturated carbocycles. The van der Waals surface area contributed by atoms with Crippen LogP contribution in [-0.4, -0.2) is 47.8 Å². The molecule has 0 aliphatic rings. The fraction of sp³-hybridized carbons (Fsp3) is 0.333. The van der Waals surface area contributed by atoms with Crippen molar-refractivity contribution in [2.75, 3.05) is 27.2 Å². The van der Waals surface area contributed by atoms with Gasteiger partial charge in [0.2, 0.25) is 0 Å². The van der Waals surface area contributed by atoms with Gasteiger partial charge in [0.05, 0.1) is 23.1 Å². The first-order valence-corrected chi connectivity index (χ1v) is 7.13. The molecule has 5 nitrogen and oxygen atoms in total. The Balaban J connectivity index is 0.00000242. The highest BCUT2D eigenvalue weighted by Crippen LogP contribution is 2.18. The van der Waals surface area contributed by atoms with Crippen LogP contribution >= 0.6 is 24.0 Å². The zero-order chi connectivity index (χ0) is 15.4. The Morgan fingerprint density at radius 3 is 2.82 bits per heavy atom. The van der Waals surface area contributed by atoms with Crippen LogP contribution in [0.3, 0.4) is 0 Å². The molecule has 0 saturated heterocycles. The maximum Gasteiger partial charge on any atom is 0.257 e. The lowest BCUT2D eigenvalue weighted by atomic mass is 10.2. The van der Waals surface area contributed by atoms with E-state index in [2.05, 4.69) is 10.4 Å². The lowest BCUT2D eigenvalue weighted by Gasteiger charge is -2.16. The third-order valence-corrected chi connectivity index (χ3v) is 3.57. The van der Waals surface area contributed by atoms with Crippen molar-refractivity contribution in [2.45, 2.75) is 6.92 Å². The molecule has 1 amide bonds. The number of nitrogens with zero attached hydrogens (tertiary/aromatic N) is 3. The van der Waals surface area contributed by atoms with Crippen LogP contribution in [0, 0.1) is 6.92 Å². The third kappa shape index (κ3) is 4.00. The molecule has 0 radical (unpaired) electrons. The minimum Gasteiger partial charge on any atom is -0.340 e. The Labute approximate surface area is 141 Å². The lowest BCUT2D eigenvalue weighted by Crippen LogP contribution is -2.33. The van der Waals surface area contributed by atoms with Crippen LogP contribution < -0.4 is 5.32 Å². The number of halogens is 2. The average molecular weight is 343 g/mol. The smallest absolute Gasteiger partial charge is 0.257 e. The number of aromatic nitrogens is 2. The fourth-order valence-corrected chi connectivity index (χ4v) is 2.26. The van der Waals surface area contributed by atoms with Crippen molar-refractivity contribution >= 4 is 29.9 Å². The van der Waals surface area contributed by atoms with E-state index in [0.29, 0.717) is 17.1 Å². The van der Waals surface area contributed by atoms with Gasteiger partial charge >= 0.3 is 0 Å². The van der Waals surface area contributed by atoms with Crippen LogP contribution in [0.2, 0.25) is 5.02 Å². The summed E-state index contributed by atoms with van der Waals surface area (Å²) >= 11 is 6.00. The van der Waals surface area contributed by atoms with Crippen LogP contribution in [0.1, 0.15) is 16.1 Å². The minimum absolute atomic E-state index is 0. The van der Waals surface area contributed by atoms with Gasteiger partial charge in [0.1, 0.15) is 0 Å². The Morgan fingerprint density at radius 2 is 2.18 bits per heavy atom.